The smallest absolute Gasteiger partial charge is 0.314 e. The second-order valence-corrected chi connectivity index (χ2v) is 4.87. The predicted molar refractivity (Wildman–Crippen MR) is 68.4 cm³/mol. The van der Waals surface area contributed by atoms with Gasteiger partial charge in [-0.1, -0.05) is 0 Å². The minimum Gasteiger partial charge on any atom is -0.460 e. The van der Waals surface area contributed by atoms with Crippen LogP contribution in [0.4, 0.5) is 4.79 Å². The van der Waals surface area contributed by atoms with Gasteiger partial charge in [0.05, 0.1) is 6.42 Å². The number of esters is 1. The van der Waals surface area contributed by atoms with Crippen molar-refractivity contribution in [3.05, 3.63) is 0 Å². The van der Waals surface area contributed by atoms with E-state index in [1.807, 2.05) is 0 Å². The van der Waals surface area contributed by atoms with Gasteiger partial charge < -0.3 is 20.1 Å². The maximum absolute atomic E-state index is 11.3. The van der Waals surface area contributed by atoms with Crippen molar-refractivity contribution in [1.82, 2.24) is 10.6 Å². The Hall–Kier alpha value is -1.30. The molecule has 0 radical (unpaired) electrons. The van der Waals surface area contributed by atoms with E-state index in [0.29, 0.717) is 13.2 Å². The van der Waals surface area contributed by atoms with E-state index in [2.05, 4.69) is 10.6 Å². The molecule has 0 atom stereocenters. The van der Waals surface area contributed by atoms with Crippen LogP contribution in [0.15, 0.2) is 0 Å². The summed E-state index contributed by atoms with van der Waals surface area (Å²) < 4.78 is 9.96. The maximum Gasteiger partial charge on any atom is 0.314 e. The lowest BCUT2D eigenvalue weighted by Gasteiger charge is -2.19. The molecule has 0 bridgehead atoms. The number of rotatable bonds is 7. The third-order valence-electron chi connectivity index (χ3n) is 1.85. The van der Waals surface area contributed by atoms with E-state index in [4.69, 9.17) is 9.47 Å². The summed E-state index contributed by atoms with van der Waals surface area (Å²) in [6.45, 7) is 6.85. The molecular weight excluding hydrogens is 236 g/mol. The molecule has 0 aromatic carbocycles. The molecule has 6 heteroatoms. The molecule has 0 unspecified atom stereocenters. The molecule has 0 heterocycles. The van der Waals surface area contributed by atoms with Crippen molar-refractivity contribution in [2.24, 2.45) is 0 Å². The lowest BCUT2D eigenvalue weighted by atomic mass is 10.2. The van der Waals surface area contributed by atoms with E-state index >= 15 is 0 Å². The van der Waals surface area contributed by atoms with Gasteiger partial charge in [0.1, 0.15) is 5.60 Å². The quantitative estimate of drug-likeness (QED) is 0.530. The Bertz CT molecular complexity index is 261. The number of carbonyl (C=O) groups excluding carboxylic acids is 2. The first kappa shape index (κ1) is 16.7. The van der Waals surface area contributed by atoms with Crippen molar-refractivity contribution >= 4 is 12.0 Å². The Balaban J connectivity index is 3.53. The lowest BCUT2D eigenvalue weighted by molar-refractivity contribution is -0.154. The van der Waals surface area contributed by atoms with Crippen molar-refractivity contribution in [2.45, 2.75) is 39.2 Å². The molecule has 18 heavy (non-hydrogen) atoms. The summed E-state index contributed by atoms with van der Waals surface area (Å²) in [5.41, 5.74) is -0.487. The highest BCUT2D eigenvalue weighted by molar-refractivity contribution is 5.75. The van der Waals surface area contributed by atoms with Crippen LogP contribution in [0.5, 0.6) is 0 Å². The van der Waals surface area contributed by atoms with Crippen LogP contribution < -0.4 is 10.6 Å². The highest BCUT2D eigenvalue weighted by atomic mass is 16.6. The molecule has 0 fully saturated rings. The van der Waals surface area contributed by atoms with Crippen LogP contribution in [0.3, 0.4) is 0 Å². The van der Waals surface area contributed by atoms with E-state index in [9.17, 15) is 9.59 Å². The van der Waals surface area contributed by atoms with Gasteiger partial charge in [0.25, 0.3) is 0 Å². The predicted octanol–water partition coefficient (Wildman–Crippen LogP) is 1.05. The summed E-state index contributed by atoms with van der Waals surface area (Å²) in [6, 6.07) is -0.283. The SMILES string of the molecule is COCCCNC(=O)NCCC(=O)OC(C)(C)C. The van der Waals surface area contributed by atoms with Gasteiger partial charge in [0.2, 0.25) is 0 Å². The van der Waals surface area contributed by atoms with Crippen molar-refractivity contribution in [3.63, 3.8) is 0 Å². The molecule has 6 nitrogen and oxygen atoms in total. The van der Waals surface area contributed by atoms with Gasteiger partial charge in [-0.15, -0.1) is 0 Å². The molecule has 0 spiro atoms. The Morgan fingerprint density at radius 2 is 1.72 bits per heavy atom. The Kier molecular flexibility index (Phi) is 8.11. The fourth-order valence-corrected chi connectivity index (χ4v) is 1.15. The van der Waals surface area contributed by atoms with Gasteiger partial charge in [0, 0.05) is 26.8 Å². The molecule has 0 aliphatic rings. The van der Waals surface area contributed by atoms with Crippen LogP contribution in [0.25, 0.3) is 0 Å². The van der Waals surface area contributed by atoms with Crippen molar-refractivity contribution < 1.29 is 19.1 Å². The van der Waals surface area contributed by atoms with Crippen LogP contribution in [-0.4, -0.2) is 44.4 Å². The van der Waals surface area contributed by atoms with Crippen LogP contribution in [-0.2, 0) is 14.3 Å². The molecule has 2 N–H and O–H groups in total. The maximum atomic E-state index is 11.3. The summed E-state index contributed by atoms with van der Waals surface area (Å²) in [5, 5.41) is 5.24. The van der Waals surface area contributed by atoms with Crippen LogP contribution in [0.1, 0.15) is 33.6 Å². The second kappa shape index (κ2) is 8.74. The van der Waals surface area contributed by atoms with Gasteiger partial charge in [-0.2, -0.15) is 0 Å². The van der Waals surface area contributed by atoms with Crippen molar-refractivity contribution in [3.8, 4) is 0 Å². The molecule has 0 saturated heterocycles. The van der Waals surface area contributed by atoms with Crippen LogP contribution >= 0.6 is 0 Å². The molecule has 0 aliphatic heterocycles. The van der Waals surface area contributed by atoms with E-state index < -0.39 is 5.60 Å². The van der Waals surface area contributed by atoms with E-state index in [1.165, 1.54) is 0 Å². The van der Waals surface area contributed by atoms with E-state index in [0.717, 1.165) is 6.42 Å². The molecule has 0 saturated carbocycles. The molecule has 0 aromatic heterocycles. The molecule has 0 rings (SSSR count). The van der Waals surface area contributed by atoms with Gasteiger partial charge in [-0.25, -0.2) is 4.79 Å². The zero-order valence-corrected chi connectivity index (χ0v) is 11.7. The van der Waals surface area contributed by atoms with Gasteiger partial charge >= 0.3 is 12.0 Å². The number of amides is 2. The topological polar surface area (TPSA) is 76.7 Å². The molecule has 2 amide bonds. The van der Waals surface area contributed by atoms with Gasteiger partial charge in [-0.3, -0.25) is 4.79 Å². The first-order valence-corrected chi connectivity index (χ1v) is 6.07. The Morgan fingerprint density at radius 1 is 1.11 bits per heavy atom. The van der Waals surface area contributed by atoms with E-state index in [1.54, 1.807) is 27.9 Å². The monoisotopic (exact) mass is 260 g/mol. The Morgan fingerprint density at radius 3 is 2.28 bits per heavy atom. The zero-order chi connectivity index (χ0) is 14.0. The zero-order valence-electron chi connectivity index (χ0n) is 11.7. The summed E-state index contributed by atoms with van der Waals surface area (Å²) in [4.78, 5) is 22.6. The third kappa shape index (κ3) is 11.2. The number of ether oxygens (including phenoxy) is 2. The number of carbonyl (C=O) groups is 2. The molecular formula is C12H24N2O4. The van der Waals surface area contributed by atoms with Crippen LogP contribution in [0, 0.1) is 0 Å². The highest BCUT2D eigenvalue weighted by Gasteiger charge is 2.15. The molecule has 0 aliphatic carbocycles. The molecule has 106 valence electrons. The lowest BCUT2D eigenvalue weighted by Crippen LogP contribution is -2.37. The fraction of sp³-hybridized carbons (Fsp3) is 0.833. The number of urea groups is 1. The summed E-state index contributed by atoms with van der Waals surface area (Å²) in [7, 11) is 1.61. The average Bonchev–Trinajstić information content (AvgIpc) is 2.22. The summed E-state index contributed by atoms with van der Waals surface area (Å²) in [5.74, 6) is -0.317. The number of hydrogen-bond donors (Lipinski definition) is 2. The minimum absolute atomic E-state index is 0.169. The van der Waals surface area contributed by atoms with Gasteiger partial charge in [-0.05, 0) is 27.2 Å². The van der Waals surface area contributed by atoms with E-state index in [-0.39, 0.29) is 25.0 Å². The number of methoxy groups -OCH3 is 1. The summed E-state index contributed by atoms with van der Waals surface area (Å²) >= 11 is 0. The first-order valence-electron chi connectivity index (χ1n) is 6.07. The van der Waals surface area contributed by atoms with Crippen LogP contribution in [0.2, 0.25) is 0 Å². The van der Waals surface area contributed by atoms with Crippen molar-refractivity contribution in [2.75, 3.05) is 26.8 Å². The van der Waals surface area contributed by atoms with Crippen molar-refractivity contribution in [1.29, 1.82) is 0 Å². The normalized spacial score (nSPS) is 10.9. The number of hydrogen-bond acceptors (Lipinski definition) is 4. The molecule has 0 aromatic rings. The largest absolute Gasteiger partial charge is 0.460 e. The summed E-state index contributed by atoms with van der Waals surface area (Å²) in [6.07, 6.45) is 0.929. The third-order valence-corrected chi connectivity index (χ3v) is 1.85. The number of nitrogens with one attached hydrogen (secondary N) is 2. The standard InChI is InChI=1S/C12H24N2O4/c1-12(2,3)18-10(15)6-8-14-11(16)13-7-5-9-17-4/h5-9H2,1-4H3,(H2,13,14,16). The average molecular weight is 260 g/mol. The van der Waals surface area contributed by atoms with Gasteiger partial charge in [0.15, 0.2) is 0 Å². The first-order chi connectivity index (χ1) is 8.35. The highest BCUT2D eigenvalue weighted by Crippen LogP contribution is 2.07. The fourth-order valence-electron chi connectivity index (χ4n) is 1.15. The second-order valence-electron chi connectivity index (χ2n) is 4.87. The Labute approximate surface area is 108 Å². The minimum atomic E-state index is -0.487.